The Kier molecular flexibility index (Phi) is 3.25. The quantitative estimate of drug-likeness (QED) is 0.783. The van der Waals surface area contributed by atoms with Gasteiger partial charge < -0.3 is 5.11 Å². The summed E-state index contributed by atoms with van der Waals surface area (Å²) in [5.41, 5.74) is 0. The van der Waals surface area contributed by atoms with Gasteiger partial charge in [-0.25, -0.2) is 13.4 Å². The molecule has 0 bridgehead atoms. The van der Waals surface area contributed by atoms with E-state index in [4.69, 9.17) is 5.11 Å². The lowest BCUT2D eigenvalue weighted by Crippen LogP contribution is -2.32. The highest BCUT2D eigenvalue weighted by Gasteiger charge is 2.28. The summed E-state index contributed by atoms with van der Waals surface area (Å²) >= 11 is 0.861. The maximum Gasteiger partial charge on any atom is 0.323 e. The molecule has 1 rings (SSSR count). The monoisotopic (exact) mass is 251 g/mol. The summed E-state index contributed by atoms with van der Waals surface area (Å²) in [6.07, 6.45) is 0. The first-order chi connectivity index (χ1) is 6.83. The highest BCUT2D eigenvalue weighted by Crippen LogP contribution is 2.14. The van der Waals surface area contributed by atoms with E-state index in [1.54, 1.807) is 6.92 Å². The molecule has 1 heterocycles. The summed E-state index contributed by atoms with van der Waals surface area (Å²) in [7, 11) is -3.94. The van der Waals surface area contributed by atoms with Crippen LogP contribution in [0.1, 0.15) is 12.7 Å². The van der Waals surface area contributed by atoms with Gasteiger partial charge in [0, 0.05) is 11.5 Å². The first kappa shape index (κ1) is 11.9. The number of aliphatic carboxylic acids is 1. The van der Waals surface area contributed by atoms with E-state index in [0.717, 1.165) is 18.5 Å². The summed E-state index contributed by atoms with van der Waals surface area (Å²) in [6, 6.07) is 0. The molecule has 0 aromatic carbocycles. The average Bonchev–Trinajstić information content (AvgIpc) is 2.48. The van der Waals surface area contributed by atoms with Gasteiger partial charge >= 0.3 is 5.97 Å². The number of aromatic nitrogens is 2. The number of carboxylic acids is 1. The van der Waals surface area contributed by atoms with Crippen LogP contribution in [-0.4, -0.2) is 34.1 Å². The second-order valence-corrected chi connectivity index (χ2v) is 5.53. The fourth-order valence-electron chi connectivity index (χ4n) is 0.681. The van der Waals surface area contributed by atoms with Gasteiger partial charge in [0.25, 0.3) is 0 Å². The number of carboxylic acid groups (broad SMARTS) is 1. The van der Waals surface area contributed by atoms with Crippen molar-refractivity contribution in [3.63, 3.8) is 0 Å². The average molecular weight is 251 g/mol. The summed E-state index contributed by atoms with van der Waals surface area (Å²) in [4.78, 5) is 14.3. The molecule has 1 aromatic rings. The van der Waals surface area contributed by atoms with Crippen molar-refractivity contribution in [1.29, 1.82) is 0 Å². The van der Waals surface area contributed by atoms with Crippen LogP contribution in [0.3, 0.4) is 0 Å². The molecule has 1 unspecified atom stereocenters. The van der Waals surface area contributed by atoms with Gasteiger partial charge in [-0.05, 0) is 13.8 Å². The Labute approximate surface area is 90.4 Å². The third-order valence-electron chi connectivity index (χ3n) is 1.57. The predicted octanol–water partition coefficient (Wildman–Crippen LogP) is 0.0613. The number of carbonyl (C=O) groups is 1. The van der Waals surface area contributed by atoms with Gasteiger partial charge in [-0.2, -0.15) is 4.37 Å². The lowest BCUT2D eigenvalue weighted by Gasteiger charge is -2.07. The lowest BCUT2D eigenvalue weighted by molar-refractivity contribution is -0.136. The first-order valence-corrected chi connectivity index (χ1v) is 6.19. The van der Waals surface area contributed by atoms with Crippen molar-refractivity contribution in [3.05, 3.63) is 5.82 Å². The molecule has 15 heavy (non-hydrogen) atoms. The molecule has 1 aromatic heterocycles. The molecule has 9 heteroatoms. The SMILES string of the molecule is Cc1nsc(NS(=O)(=O)C(C)C(=O)O)n1. The molecule has 0 amide bonds. The maximum absolute atomic E-state index is 11.4. The highest BCUT2D eigenvalue weighted by atomic mass is 32.2. The van der Waals surface area contributed by atoms with Crippen molar-refractivity contribution >= 4 is 32.7 Å². The van der Waals surface area contributed by atoms with Crippen molar-refractivity contribution in [3.8, 4) is 0 Å². The molecule has 2 N–H and O–H groups in total. The van der Waals surface area contributed by atoms with Crippen LogP contribution in [0.2, 0.25) is 0 Å². The van der Waals surface area contributed by atoms with Crippen molar-refractivity contribution in [2.45, 2.75) is 19.1 Å². The van der Waals surface area contributed by atoms with Crippen LogP contribution in [0.4, 0.5) is 5.13 Å². The summed E-state index contributed by atoms with van der Waals surface area (Å²) in [5, 5.41) is 7.09. The maximum atomic E-state index is 11.4. The van der Waals surface area contributed by atoms with E-state index < -0.39 is 21.2 Å². The molecule has 0 saturated carbocycles. The zero-order chi connectivity index (χ0) is 11.6. The number of rotatable bonds is 4. The van der Waals surface area contributed by atoms with Crippen LogP contribution in [0, 0.1) is 6.92 Å². The van der Waals surface area contributed by atoms with Crippen molar-refractivity contribution in [1.82, 2.24) is 9.36 Å². The molecule has 0 saturated heterocycles. The Bertz CT molecular complexity index is 466. The summed E-state index contributed by atoms with van der Waals surface area (Å²) in [6.45, 7) is 2.69. The van der Waals surface area contributed by atoms with Crippen LogP contribution in [0.25, 0.3) is 0 Å². The zero-order valence-electron chi connectivity index (χ0n) is 7.96. The fourth-order valence-corrected chi connectivity index (χ4v) is 2.34. The Hall–Kier alpha value is -1.22. The van der Waals surface area contributed by atoms with Crippen molar-refractivity contribution < 1.29 is 18.3 Å². The van der Waals surface area contributed by atoms with Crippen molar-refractivity contribution in [2.24, 2.45) is 0 Å². The molecule has 0 aliphatic carbocycles. The first-order valence-electron chi connectivity index (χ1n) is 3.87. The van der Waals surface area contributed by atoms with Gasteiger partial charge in [0.1, 0.15) is 5.82 Å². The minimum Gasteiger partial charge on any atom is -0.480 e. The Morgan fingerprint density at radius 3 is 2.60 bits per heavy atom. The van der Waals surface area contributed by atoms with E-state index in [0.29, 0.717) is 5.82 Å². The second-order valence-electron chi connectivity index (χ2n) is 2.77. The van der Waals surface area contributed by atoms with Crippen LogP contribution in [-0.2, 0) is 14.8 Å². The zero-order valence-corrected chi connectivity index (χ0v) is 9.59. The number of nitrogens with one attached hydrogen (secondary N) is 1. The number of aryl methyl sites for hydroxylation is 1. The number of anilines is 1. The molecule has 84 valence electrons. The molecule has 7 nitrogen and oxygen atoms in total. The smallest absolute Gasteiger partial charge is 0.323 e. The third kappa shape index (κ3) is 2.86. The van der Waals surface area contributed by atoms with Crippen LogP contribution in [0.5, 0.6) is 0 Å². The van der Waals surface area contributed by atoms with Gasteiger partial charge in [-0.1, -0.05) is 0 Å². The van der Waals surface area contributed by atoms with E-state index in [9.17, 15) is 13.2 Å². The van der Waals surface area contributed by atoms with Gasteiger partial charge in [0.2, 0.25) is 15.2 Å². The number of sulfonamides is 1. The topological polar surface area (TPSA) is 109 Å². The lowest BCUT2D eigenvalue weighted by atomic mass is 10.5. The molecular weight excluding hydrogens is 242 g/mol. The van der Waals surface area contributed by atoms with Gasteiger partial charge in [0.15, 0.2) is 5.25 Å². The van der Waals surface area contributed by atoms with Gasteiger partial charge in [0.05, 0.1) is 0 Å². The fraction of sp³-hybridized carbons (Fsp3) is 0.500. The van der Waals surface area contributed by atoms with Crippen LogP contribution in [0.15, 0.2) is 0 Å². The molecule has 0 aliphatic heterocycles. The number of nitrogens with zero attached hydrogens (tertiary/aromatic N) is 2. The van der Waals surface area contributed by atoms with E-state index in [2.05, 4.69) is 14.1 Å². The molecule has 0 radical (unpaired) electrons. The van der Waals surface area contributed by atoms with Gasteiger partial charge in [-0.15, -0.1) is 0 Å². The normalized spacial score (nSPS) is 13.5. The Morgan fingerprint density at radius 1 is 1.60 bits per heavy atom. The second kappa shape index (κ2) is 4.11. The molecule has 1 atom stereocenters. The van der Waals surface area contributed by atoms with E-state index in [-0.39, 0.29) is 5.13 Å². The van der Waals surface area contributed by atoms with Crippen molar-refractivity contribution in [2.75, 3.05) is 4.72 Å². The number of hydrogen-bond acceptors (Lipinski definition) is 6. The standard InChI is InChI=1S/C6H9N3O4S2/c1-3(5(10)11)15(12,13)9-6-7-4(2)8-14-6/h3H,1-2H3,(H,10,11)(H,7,8,9). The predicted molar refractivity (Wildman–Crippen MR) is 54.3 cm³/mol. The molecule has 0 fully saturated rings. The van der Waals surface area contributed by atoms with E-state index in [1.807, 2.05) is 0 Å². The molecular formula is C6H9N3O4S2. The summed E-state index contributed by atoms with van der Waals surface area (Å²) in [5.74, 6) is -0.982. The van der Waals surface area contributed by atoms with Crippen LogP contribution < -0.4 is 4.72 Å². The minimum absolute atomic E-state index is 0.0700. The molecule has 0 spiro atoms. The van der Waals surface area contributed by atoms with Gasteiger partial charge in [-0.3, -0.25) is 9.52 Å². The highest BCUT2D eigenvalue weighted by molar-refractivity contribution is 7.94. The van der Waals surface area contributed by atoms with E-state index in [1.165, 1.54) is 0 Å². The summed E-state index contributed by atoms with van der Waals surface area (Å²) < 4.78 is 28.6. The molecule has 0 aliphatic rings. The minimum atomic E-state index is -3.94. The van der Waals surface area contributed by atoms with Crippen LogP contribution >= 0.6 is 11.5 Å². The largest absolute Gasteiger partial charge is 0.480 e. The third-order valence-corrected chi connectivity index (χ3v) is 4.03. The Balaban J connectivity index is 2.86. The number of hydrogen-bond donors (Lipinski definition) is 2. The van der Waals surface area contributed by atoms with E-state index >= 15 is 0 Å². The Morgan fingerprint density at radius 2 is 2.20 bits per heavy atom.